The van der Waals surface area contributed by atoms with E-state index in [2.05, 4.69) is 37.4 Å². The van der Waals surface area contributed by atoms with Crippen LogP contribution in [0.15, 0.2) is 36.4 Å². The number of phenolic OH excluding ortho intramolecular Hbond substituents is 1. The Kier molecular flexibility index (Phi) is 3.56. The number of rotatable bonds is 3. The zero-order valence-corrected chi connectivity index (χ0v) is 11.1. The molecule has 0 saturated heterocycles. The quantitative estimate of drug-likeness (QED) is 0.798. The maximum Gasteiger partial charge on any atom is 0.115 e. The Morgan fingerprint density at radius 3 is 2.44 bits per heavy atom. The first-order valence-corrected chi connectivity index (χ1v) is 6.16. The summed E-state index contributed by atoms with van der Waals surface area (Å²) in [4.78, 5) is 0. The van der Waals surface area contributed by atoms with Crippen LogP contribution in [-0.4, -0.2) is 5.11 Å². The molecule has 2 rings (SSSR count). The number of nitrogens with one attached hydrogen (secondary N) is 1. The van der Waals surface area contributed by atoms with E-state index in [1.807, 2.05) is 13.0 Å². The molecule has 94 valence electrons. The number of benzene rings is 2. The molecule has 0 fully saturated rings. The molecule has 18 heavy (non-hydrogen) atoms. The van der Waals surface area contributed by atoms with Crippen molar-refractivity contribution in [1.82, 2.24) is 0 Å². The minimum Gasteiger partial charge on any atom is -0.508 e. The van der Waals surface area contributed by atoms with Crippen molar-refractivity contribution in [2.75, 3.05) is 5.32 Å². The molecule has 0 atom stereocenters. The zero-order chi connectivity index (χ0) is 13.1. The molecule has 2 nitrogen and oxygen atoms in total. The monoisotopic (exact) mass is 241 g/mol. The average Bonchev–Trinajstić information content (AvgIpc) is 2.32. The molecule has 2 heteroatoms. The number of aromatic hydroxyl groups is 1. The fourth-order valence-electron chi connectivity index (χ4n) is 2.03. The van der Waals surface area contributed by atoms with Crippen molar-refractivity contribution in [2.24, 2.45) is 0 Å². The number of hydrogen-bond donors (Lipinski definition) is 2. The van der Waals surface area contributed by atoms with Gasteiger partial charge in [0.25, 0.3) is 0 Å². The molecule has 0 saturated carbocycles. The Balaban J connectivity index is 2.13. The average molecular weight is 241 g/mol. The summed E-state index contributed by atoms with van der Waals surface area (Å²) >= 11 is 0. The van der Waals surface area contributed by atoms with E-state index in [1.54, 1.807) is 12.1 Å². The van der Waals surface area contributed by atoms with Gasteiger partial charge in [-0.3, -0.25) is 0 Å². The summed E-state index contributed by atoms with van der Waals surface area (Å²) in [6, 6.07) is 11.9. The first kappa shape index (κ1) is 12.5. The van der Waals surface area contributed by atoms with Gasteiger partial charge in [-0.2, -0.15) is 0 Å². The normalized spacial score (nSPS) is 10.4. The third-order valence-electron chi connectivity index (χ3n) is 3.18. The van der Waals surface area contributed by atoms with E-state index in [1.165, 1.54) is 16.7 Å². The fourth-order valence-corrected chi connectivity index (χ4v) is 2.03. The first-order valence-electron chi connectivity index (χ1n) is 6.16. The summed E-state index contributed by atoms with van der Waals surface area (Å²) in [6.45, 7) is 7.03. The van der Waals surface area contributed by atoms with Gasteiger partial charge in [-0.15, -0.1) is 0 Å². The minimum atomic E-state index is 0.310. The number of hydrogen-bond acceptors (Lipinski definition) is 2. The Bertz CT molecular complexity index is 561. The van der Waals surface area contributed by atoms with Gasteiger partial charge < -0.3 is 10.4 Å². The number of anilines is 1. The standard InChI is InChI=1S/C16H19NO/c1-11-4-5-12(2)14(8-11)10-17-16-7-6-15(18)9-13(16)3/h4-9,17-18H,10H2,1-3H3. The minimum absolute atomic E-state index is 0.310. The maximum absolute atomic E-state index is 9.38. The van der Waals surface area contributed by atoms with Crippen LogP contribution in [0, 0.1) is 20.8 Å². The predicted molar refractivity (Wildman–Crippen MR) is 76.1 cm³/mol. The van der Waals surface area contributed by atoms with Crippen LogP contribution < -0.4 is 5.32 Å². The highest BCUT2D eigenvalue weighted by Crippen LogP contribution is 2.21. The third kappa shape index (κ3) is 2.83. The highest BCUT2D eigenvalue weighted by atomic mass is 16.3. The van der Waals surface area contributed by atoms with Gasteiger partial charge >= 0.3 is 0 Å². The largest absolute Gasteiger partial charge is 0.508 e. The van der Waals surface area contributed by atoms with Crippen LogP contribution in [0.25, 0.3) is 0 Å². The van der Waals surface area contributed by atoms with E-state index in [-0.39, 0.29) is 0 Å². The van der Waals surface area contributed by atoms with Crippen molar-refractivity contribution < 1.29 is 5.11 Å². The summed E-state index contributed by atoms with van der Waals surface area (Å²) in [6.07, 6.45) is 0. The van der Waals surface area contributed by atoms with E-state index in [9.17, 15) is 5.11 Å². The number of phenols is 1. The van der Waals surface area contributed by atoms with Gasteiger partial charge in [0.05, 0.1) is 0 Å². The maximum atomic E-state index is 9.38. The molecule has 2 aromatic carbocycles. The van der Waals surface area contributed by atoms with Gasteiger partial charge in [0.15, 0.2) is 0 Å². The van der Waals surface area contributed by atoms with Crippen LogP contribution in [0.4, 0.5) is 5.69 Å². The Morgan fingerprint density at radius 2 is 1.72 bits per heavy atom. The Labute approximate surface area is 108 Å². The summed E-state index contributed by atoms with van der Waals surface area (Å²) in [5.74, 6) is 0.310. The second kappa shape index (κ2) is 5.13. The molecule has 0 radical (unpaired) electrons. The Hall–Kier alpha value is -1.96. The zero-order valence-electron chi connectivity index (χ0n) is 11.1. The van der Waals surface area contributed by atoms with Crippen molar-refractivity contribution in [3.63, 3.8) is 0 Å². The van der Waals surface area contributed by atoms with Gasteiger partial charge in [-0.05, 0) is 55.7 Å². The van der Waals surface area contributed by atoms with Crippen molar-refractivity contribution >= 4 is 5.69 Å². The summed E-state index contributed by atoms with van der Waals surface area (Å²) in [5, 5.41) is 12.8. The second-order valence-electron chi connectivity index (χ2n) is 4.78. The highest BCUT2D eigenvalue weighted by molar-refractivity contribution is 5.53. The summed E-state index contributed by atoms with van der Waals surface area (Å²) in [7, 11) is 0. The molecule has 0 aliphatic heterocycles. The lowest BCUT2D eigenvalue weighted by Crippen LogP contribution is -2.02. The van der Waals surface area contributed by atoms with Gasteiger partial charge in [-0.25, -0.2) is 0 Å². The van der Waals surface area contributed by atoms with Crippen molar-refractivity contribution in [3.8, 4) is 5.75 Å². The van der Waals surface area contributed by atoms with E-state index >= 15 is 0 Å². The molecule has 0 bridgehead atoms. The second-order valence-corrected chi connectivity index (χ2v) is 4.78. The smallest absolute Gasteiger partial charge is 0.115 e. The van der Waals surface area contributed by atoms with Gasteiger partial charge in [0.2, 0.25) is 0 Å². The van der Waals surface area contributed by atoms with E-state index < -0.39 is 0 Å². The van der Waals surface area contributed by atoms with Gasteiger partial charge in [0.1, 0.15) is 5.75 Å². The van der Waals surface area contributed by atoms with E-state index in [0.29, 0.717) is 5.75 Å². The topological polar surface area (TPSA) is 32.3 Å². The molecule has 0 aliphatic rings. The summed E-state index contributed by atoms with van der Waals surface area (Å²) < 4.78 is 0. The molecule has 0 aromatic heterocycles. The lowest BCUT2D eigenvalue weighted by atomic mass is 10.1. The Morgan fingerprint density at radius 1 is 0.944 bits per heavy atom. The van der Waals surface area contributed by atoms with E-state index in [4.69, 9.17) is 0 Å². The lowest BCUT2D eigenvalue weighted by molar-refractivity contribution is 0.475. The molecule has 2 aromatic rings. The predicted octanol–water partition coefficient (Wildman–Crippen LogP) is 3.93. The number of aryl methyl sites for hydroxylation is 3. The SMILES string of the molecule is Cc1ccc(C)c(CNc2ccc(O)cc2C)c1. The molecule has 0 spiro atoms. The van der Waals surface area contributed by atoms with Crippen LogP contribution in [0.3, 0.4) is 0 Å². The molecular weight excluding hydrogens is 222 g/mol. The van der Waals surface area contributed by atoms with Crippen LogP contribution >= 0.6 is 0 Å². The molecule has 0 unspecified atom stereocenters. The molecule has 0 aliphatic carbocycles. The molecule has 0 heterocycles. The van der Waals surface area contributed by atoms with Crippen molar-refractivity contribution in [2.45, 2.75) is 27.3 Å². The van der Waals surface area contributed by atoms with Gasteiger partial charge in [-0.1, -0.05) is 23.8 Å². The van der Waals surface area contributed by atoms with E-state index in [0.717, 1.165) is 17.8 Å². The highest BCUT2D eigenvalue weighted by Gasteiger charge is 2.02. The molecule has 0 amide bonds. The van der Waals surface area contributed by atoms with Crippen molar-refractivity contribution in [1.29, 1.82) is 0 Å². The van der Waals surface area contributed by atoms with Crippen LogP contribution in [0.1, 0.15) is 22.3 Å². The molecule has 2 N–H and O–H groups in total. The van der Waals surface area contributed by atoms with Gasteiger partial charge in [0, 0.05) is 12.2 Å². The summed E-state index contributed by atoms with van der Waals surface area (Å²) in [5.41, 5.74) is 6.00. The lowest BCUT2D eigenvalue weighted by Gasteiger charge is -2.12. The first-order chi connectivity index (χ1) is 8.56. The fraction of sp³-hybridized carbons (Fsp3) is 0.250. The third-order valence-corrected chi connectivity index (χ3v) is 3.18. The van der Waals surface area contributed by atoms with Crippen LogP contribution in [0.5, 0.6) is 5.75 Å². The van der Waals surface area contributed by atoms with Crippen molar-refractivity contribution in [3.05, 3.63) is 58.7 Å². The van der Waals surface area contributed by atoms with Crippen LogP contribution in [-0.2, 0) is 6.54 Å². The molecular formula is C16H19NO. The van der Waals surface area contributed by atoms with Crippen LogP contribution in [0.2, 0.25) is 0 Å².